The first-order valence-electron chi connectivity index (χ1n) is 7.07. The van der Waals surface area contributed by atoms with E-state index in [0.29, 0.717) is 6.42 Å². The molecule has 3 saturated heterocycles. The fraction of sp³-hybridized carbons (Fsp3) is 0.846. The lowest BCUT2D eigenvalue weighted by atomic mass is 10.1. The average molecular weight is 283 g/mol. The number of nitrogens with zero attached hydrogens (tertiary/aromatic N) is 1. The first-order chi connectivity index (χ1) is 9.10. The fourth-order valence-corrected chi connectivity index (χ4v) is 4.72. The zero-order valence-corrected chi connectivity index (χ0v) is 12.1. The van der Waals surface area contributed by atoms with E-state index in [1.165, 1.54) is 0 Å². The fourth-order valence-electron chi connectivity index (χ4n) is 3.29. The SMILES string of the molecule is CC12CCC(=O)N1C(C(=O)NC1CCCNC1)CS2. The Morgan fingerprint density at radius 2 is 2.42 bits per heavy atom. The lowest BCUT2D eigenvalue weighted by Gasteiger charge is -2.31. The lowest BCUT2D eigenvalue weighted by Crippen LogP contribution is -2.54. The molecule has 3 unspecified atom stereocenters. The predicted octanol–water partition coefficient (Wildman–Crippen LogP) is 0.309. The van der Waals surface area contributed by atoms with Crippen molar-refractivity contribution in [1.82, 2.24) is 15.5 Å². The van der Waals surface area contributed by atoms with Gasteiger partial charge in [0.1, 0.15) is 6.04 Å². The Bertz CT molecular complexity index is 397. The zero-order valence-electron chi connectivity index (χ0n) is 11.3. The van der Waals surface area contributed by atoms with Gasteiger partial charge in [-0.05, 0) is 32.7 Å². The molecule has 0 aromatic rings. The number of fused-ring (bicyclic) bond motifs is 1. The first-order valence-corrected chi connectivity index (χ1v) is 8.06. The summed E-state index contributed by atoms with van der Waals surface area (Å²) in [7, 11) is 0. The average Bonchev–Trinajstić information content (AvgIpc) is 2.88. The van der Waals surface area contributed by atoms with Crippen LogP contribution in [0.25, 0.3) is 0 Å². The third-order valence-corrected chi connectivity index (χ3v) is 5.90. The highest BCUT2D eigenvalue weighted by atomic mass is 32.2. The summed E-state index contributed by atoms with van der Waals surface area (Å²) in [6, 6.07) is -0.0530. The van der Waals surface area contributed by atoms with Crippen molar-refractivity contribution in [3.8, 4) is 0 Å². The van der Waals surface area contributed by atoms with Gasteiger partial charge >= 0.3 is 0 Å². The smallest absolute Gasteiger partial charge is 0.243 e. The molecule has 5 nitrogen and oxygen atoms in total. The summed E-state index contributed by atoms with van der Waals surface area (Å²) < 4.78 is 0. The molecule has 2 N–H and O–H groups in total. The van der Waals surface area contributed by atoms with E-state index in [1.54, 1.807) is 11.8 Å². The van der Waals surface area contributed by atoms with E-state index in [0.717, 1.165) is 38.1 Å². The summed E-state index contributed by atoms with van der Waals surface area (Å²) in [4.78, 5) is 26.1. The van der Waals surface area contributed by atoms with Gasteiger partial charge in [0.2, 0.25) is 11.8 Å². The lowest BCUT2D eigenvalue weighted by molar-refractivity contribution is -0.138. The maximum Gasteiger partial charge on any atom is 0.243 e. The summed E-state index contributed by atoms with van der Waals surface area (Å²) in [6.07, 6.45) is 3.58. The molecular formula is C13H21N3O2S. The molecule has 19 heavy (non-hydrogen) atoms. The molecule has 6 heteroatoms. The van der Waals surface area contributed by atoms with Gasteiger partial charge < -0.3 is 15.5 Å². The standard InChI is InChI=1S/C13H21N3O2S/c1-13-5-4-11(17)16(13)10(8-19-13)12(18)15-9-3-2-6-14-7-9/h9-10,14H,2-8H2,1H3,(H,15,18). The zero-order chi connectivity index (χ0) is 13.5. The minimum Gasteiger partial charge on any atom is -0.350 e. The van der Waals surface area contributed by atoms with Crippen molar-refractivity contribution in [2.24, 2.45) is 0 Å². The Hall–Kier alpha value is -0.750. The molecule has 3 rings (SSSR count). The molecule has 106 valence electrons. The molecule has 3 aliphatic rings. The van der Waals surface area contributed by atoms with Crippen molar-refractivity contribution in [2.45, 2.75) is 49.6 Å². The molecule has 0 aliphatic carbocycles. The van der Waals surface area contributed by atoms with Crippen LogP contribution in [0.4, 0.5) is 0 Å². The van der Waals surface area contributed by atoms with Crippen molar-refractivity contribution in [2.75, 3.05) is 18.8 Å². The van der Waals surface area contributed by atoms with E-state index in [1.807, 2.05) is 4.90 Å². The van der Waals surface area contributed by atoms with E-state index < -0.39 is 0 Å². The van der Waals surface area contributed by atoms with Gasteiger partial charge in [0, 0.05) is 24.8 Å². The van der Waals surface area contributed by atoms with Gasteiger partial charge in [0.05, 0.1) is 4.87 Å². The highest BCUT2D eigenvalue weighted by Crippen LogP contribution is 2.47. The number of hydrogen-bond acceptors (Lipinski definition) is 4. The van der Waals surface area contributed by atoms with Gasteiger partial charge in [-0.25, -0.2) is 0 Å². The summed E-state index contributed by atoms with van der Waals surface area (Å²) in [5.41, 5.74) is 0. The summed E-state index contributed by atoms with van der Waals surface area (Å²) in [5, 5.41) is 6.40. The largest absolute Gasteiger partial charge is 0.350 e. The maximum absolute atomic E-state index is 12.4. The summed E-state index contributed by atoms with van der Waals surface area (Å²) in [5.74, 6) is 0.892. The van der Waals surface area contributed by atoms with Crippen molar-refractivity contribution in [1.29, 1.82) is 0 Å². The van der Waals surface area contributed by atoms with Gasteiger partial charge in [0.15, 0.2) is 0 Å². The normalized spacial score (nSPS) is 38.4. The van der Waals surface area contributed by atoms with Gasteiger partial charge in [-0.1, -0.05) is 0 Å². The van der Waals surface area contributed by atoms with Crippen LogP contribution < -0.4 is 10.6 Å². The molecule has 2 amide bonds. The van der Waals surface area contributed by atoms with E-state index in [9.17, 15) is 9.59 Å². The highest BCUT2D eigenvalue weighted by molar-refractivity contribution is 8.01. The van der Waals surface area contributed by atoms with E-state index in [2.05, 4.69) is 17.6 Å². The number of carbonyl (C=O) groups excluding carboxylic acids is 2. The molecule has 0 saturated carbocycles. The van der Waals surface area contributed by atoms with Crippen LogP contribution in [-0.2, 0) is 9.59 Å². The van der Waals surface area contributed by atoms with Gasteiger partial charge in [-0.3, -0.25) is 9.59 Å². The number of rotatable bonds is 2. The molecule has 3 heterocycles. The van der Waals surface area contributed by atoms with E-state index in [-0.39, 0.29) is 28.8 Å². The molecule has 0 spiro atoms. The van der Waals surface area contributed by atoms with E-state index in [4.69, 9.17) is 0 Å². The molecule has 3 atom stereocenters. The van der Waals surface area contributed by atoms with Crippen LogP contribution in [0.5, 0.6) is 0 Å². The number of thioether (sulfide) groups is 1. The third-order valence-electron chi connectivity index (χ3n) is 4.39. The summed E-state index contributed by atoms with van der Waals surface area (Å²) >= 11 is 1.75. The quantitative estimate of drug-likeness (QED) is 0.766. The minimum absolute atomic E-state index is 0.0279. The van der Waals surface area contributed by atoms with Crippen molar-refractivity contribution in [3.05, 3.63) is 0 Å². The Morgan fingerprint density at radius 1 is 1.58 bits per heavy atom. The number of piperidine rings is 1. The molecule has 0 bridgehead atoms. The van der Waals surface area contributed by atoms with Crippen LogP contribution in [0.2, 0.25) is 0 Å². The molecule has 0 aromatic heterocycles. The van der Waals surface area contributed by atoms with Gasteiger partial charge in [-0.15, -0.1) is 11.8 Å². The Labute approximate surface area is 117 Å². The number of hydrogen-bond donors (Lipinski definition) is 2. The van der Waals surface area contributed by atoms with Crippen molar-refractivity contribution < 1.29 is 9.59 Å². The minimum atomic E-state index is -0.271. The van der Waals surface area contributed by atoms with Crippen LogP contribution in [0.15, 0.2) is 0 Å². The molecule has 0 aromatic carbocycles. The van der Waals surface area contributed by atoms with Crippen LogP contribution in [-0.4, -0.2) is 52.5 Å². The van der Waals surface area contributed by atoms with Gasteiger partial charge in [-0.2, -0.15) is 0 Å². The number of carbonyl (C=O) groups is 2. The molecular weight excluding hydrogens is 262 g/mol. The second kappa shape index (κ2) is 4.98. The Kier molecular flexibility index (Phi) is 3.47. The van der Waals surface area contributed by atoms with Crippen molar-refractivity contribution in [3.63, 3.8) is 0 Å². The Morgan fingerprint density at radius 3 is 3.16 bits per heavy atom. The van der Waals surface area contributed by atoms with Crippen molar-refractivity contribution >= 4 is 23.6 Å². The van der Waals surface area contributed by atoms with E-state index >= 15 is 0 Å². The second-order valence-corrected chi connectivity index (χ2v) is 7.32. The second-order valence-electron chi connectivity index (χ2n) is 5.82. The van der Waals surface area contributed by atoms with Crippen LogP contribution in [0.1, 0.15) is 32.6 Å². The van der Waals surface area contributed by atoms with Crippen LogP contribution >= 0.6 is 11.8 Å². The first kappa shape index (κ1) is 13.2. The third kappa shape index (κ3) is 2.36. The monoisotopic (exact) mass is 283 g/mol. The van der Waals surface area contributed by atoms with Crippen LogP contribution in [0, 0.1) is 0 Å². The van der Waals surface area contributed by atoms with Crippen LogP contribution in [0.3, 0.4) is 0 Å². The predicted molar refractivity (Wildman–Crippen MR) is 74.8 cm³/mol. The molecule has 3 aliphatic heterocycles. The topological polar surface area (TPSA) is 61.4 Å². The number of amides is 2. The molecule has 0 radical (unpaired) electrons. The van der Waals surface area contributed by atoms with Gasteiger partial charge in [0.25, 0.3) is 0 Å². The highest BCUT2D eigenvalue weighted by Gasteiger charge is 2.52. The maximum atomic E-state index is 12.4. The number of nitrogens with one attached hydrogen (secondary N) is 2. The molecule has 3 fully saturated rings. The Balaban J connectivity index is 1.65. The summed E-state index contributed by atoms with van der Waals surface area (Å²) in [6.45, 7) is 3.96.